The topological polar surface area (TPSA) is 159 Å². The van der Waals surface area contributed by atoms with Gasteiger partial charge in [-0.25, -0.2) is 4.98 Å². The van der Waals surface area contributed by atoms with E-state index in [1.54, 1.807) is 32.6 Å². The Morgan fingerprint density at radius 3 is 2.22 bits per heavy atom. The second-order valence-electron chi connectivity index (χ2n) is 12.5. The molecule has 2 aromatic heterocycles. The van der Waals surface area contributed by atoms with Crippen LogP contribution in [0.2, 0.25) is 0 Å². The number of aliphatic hydroxyl groups excluding tert-OH is 1. The number of hydrogen-bond donors (Lipinski definition) is 3. The zero-order chi connectivity index (χ0) is 34.3. The van der Waals surface area contributed by atoms with Gasteiger partial charge < -0.3 is 28.8 Å². The van der Waals surface area contributed by atoms with Crippen molar-refractivity contribution in [2.75, 3.05) is 32.8 Å². The molecule has 1 amide bonds. The van der Waals surface area contributed by atoms with Gasteiger partial charge in [0.2, 0.25) is 11.9 Å². The van der Waals surface area contributed by atoms with Crippen molar-refractivity contribution < 1.29 is 33.6 Å². The molecule has 2 fully saturated rings. The lowest BCUT2D eigenvalue weighted by Gasteiger charge is -2.39. The second-order valence-corrected chi connectivity index (χ2v) is 12.5. The number of fused-ring (bicyclic) bond motifs is 3. The summed E-state index contributed by atoms with van der Waals surface area (Å²) in [5.74, 6) is 0.718. The van der Waals surface area contributed by atoms with Crippen molar-refractivity contribution in [1.29, 1.82) is 0 Å². The first-order valence-electron chi connectivity index (χ1n) is 15.9. The van der Waals surface area contributed by atoms with Gasteiger partial charge in [-0.1, -0.05) is 68.4 Å². The first kappa shape index (κ1) is 32.5. The molecular weight excluding hydrogens is 630 g/mol. The zero-order valence-corrected chi connectivity index (χ0v) is 27.5. The molecule has 3 aromatic carbocycles. The summed E-state index contributed by atoms with van der Waals surface area (Å²) < 4.78 is 32.3. The van der Waals surface area contributed by atoms with E-state index >= 15 is 0 Å². The molecule has 0 saturated carbocycles. The highest BCUT2D eigenvalue weighted by Gasteiger charge is 2.63. The van der Waals surface area contributed by atoms with Crippen molar-refractivity contribution >= 4 is 23.0 Å². The van der Waals surface area contributed by atoms with Crippen LogP contribution in [0.1, 0.15) is 36.8 Å². The van der Waals surface area contributed by atoms with Crippen LogP contribution in [0, 0.1) is 5.92 Å². The van der Waals surface area contributed by atoms with Gasteiger partial charge in [0.1, 0.15) is 34.9 Å². The lowest BCUT2D eigenvalue weighted by molar-refractivity contribution is -0.202. The van der Waals surface area contributed by atoms with Gasteiger partial charge in [-0.15, -0.1) is 0 Å². The van der Waals surface area contributed by atoms with Gasteiger partial charge in [0.05, 0.1) is 33.8 Å². The Bertz CT molecular complexity index is 1960. The molecule has 4 atom stereocenters. The van der Waals surface area contributed by atoms with Crippen LogP contribution in [0.5, 0.6) is 11.5 Å². The average molecular weight is 668 g/mol. The monoisotopic (exact) mass is 667 g/mol. The van der Waals surface area contributed by atoms with Crippen molar-refractivity contribution in [2.24, 2.45) is 5.92 Å². The highest BCUT2D eigenvalue weighted by Crippen LogP contribution is 2.48. The third-order valence-electron chi connectivity index (χ3n) is 9.19. The molecule has 4 heterocycles. The summed E-state index contributed by atoms with van der Waals surface area (Å²) >= 11 is 0. The maximum atomic E-state index is 12.9. The number of hydrogen-bond acceptors (Lipinski definition) is 10. The van der Waals surface area contributed by atoms with E-state index in [-0.39, 0.29) is 42.2 Å². The molecule has 5 aromatic rings. The molecule has 2 saturated heterocycles. The summed E-state index contributed by atoms with van der Waals surface area (Å²) in [6.07, 6.45) is -1.39. The quantitative estimate of drug-likeness (QED) is 0.177. The van der Waals surface area contributed by atoms with Crippen LogP contribution in [0.25, 0.3) is 11.2 Å². The molecule has 13 nitrogen and oxygen atoms in total. The number of aromatic nitrogens is 4. The molecule has 2 aliphatic heterocycles. The molecular formula is C36H37N5O8. The van der Waals surface area contributed by atoms with Crippen molar-refractivity contribution in [1.82, 2.24) is 19.5 Å². The number of imidazole rings is 1. The van der Waals surface area contributed by atoms with E-state index in [4.69, 9.17) is 23.7 Å². The Hall–Kier alpha value is -5.08. The van der Waals surface area contributed by atoms with Crippen LogP contribution >= 0.6 is 0 Å². The van der Waals surface area contributed by atoms with Gasteiger partial charge in [-0.2, -0.15) is 4.98 Å². The van der Waals surface area contributed by atoms with E-state index in [1.807, 2.05) is 78.9 Å². The maximum absolute atomic E-state index is 12.9. The van der Waals surface area contributed by atoms with Crippen molar-refractivity contribution in [3.05, 3.63) is 112 Å². The lowest BCUT2D eigenvalue weighted by Crippen LogP contribution is -2.48. The summed E-state index contributed by atoms with van der Waals surface area (Å²) in [7, 11) is 3.23. The Kier molecular flexibility index (Phi) is 8.45. The van der Waals surface area contributed by atoms with E-state index < -0.39 is 35.2 Å². The molecule has 254 valence electrons. The number of nitrogens with zero attached hydrogens (tertiary/aromatic N) is 3. The number of nitrogens with one attached hydrogen (secondary N) is 2. The number of methoxy groups -OCH3 is 2. The fourth-order valence-corrected chi connectivity index (χ4v) is 6.48. The lowest BCUT2D eigenvalue weighted by atomic mass is 9.79. The van der Waals surface area contributed by atoms with E-state index in [0.717, 1.165) is 16.7 Å². The molecule has 7 rings (SSSR count). The first-order chi connectivity index (χ1) is 23.7. The molecule has 0 spiro atoms. The number of aromatic amines is 1. The highest BCUT2D eigenvalue weighted by molar-refractivity contribution is 5.91. The third kappa shape index (κ3) is 5.54. The molecule has 3 N–H and O–H groups in total. The van der Waals surface area contributed by atoms with Gasteiger partial charge in [0.15, 0.2) is 17.4 Å². The number of H-pyrrole nitrogens is 1. The molecule has 2 bridgehead atoms. The third-order valence-corrected chi connectivity index (χ3v) is 9.19. The maximum Gasteiger partial charge on any atom is 0.280 e. The summed E-state index contributed by atoms with van der Waals surface area (Å²) in [5, 5.41) is 14.3. The fourth-order valence-electron chi connectivity index (χ4n) is 6.48. The number of aliphatic hydroxyl groups is 1. The van der Waals surface area contributed by atoms with Crippen LogP contribution in [-0.2, 0) is 24.6 Å². The summed E-state index contributed by atoms with van der Waals surface area (Å²) in [5.41, 5.74) is -0.271. The number of amides is 1. The van der Waals surface area contributed by atoms with Gasteiger partial charge in [0, 0.05) is 5.92 Å². The normalized spacial score (nSPS) is 21.7. The Labute approximate surface area is 281 Å². The number of carbonyl (C=O) groups excluding carboxylic acids is 1. The summed E-state index contributed by atoms with van der Waals surface area (Å²) in [6, 6.07) is 25.1. The fraction of sp³-hybridized carbons (Fsp3) is 0.333. The first-order valence-corrected chi connectivity index (χ1v) is 15.9. The van der Waals surface area contributed by atoms with Gasteiger partial charge in [-0.3, -0.25) is 24.5 Å². The van der Waals surface area contributed by atoms with Gasteiger partial charge >= 0.3 is 0 Å². The van der Waals surface area contributed by atoms with Crippen molar-refractivity contribution in [2.45, 2.75) is 43.5 Å². The largest absolute Gasteiger partial charge is 0.497 e. The Morgan fingerprint density at radius 1 is 1.02 bits per heavy atom. The van der Waals surface area contributed by atoms with E-state index in [1.165, 1.54) is 6.33 Å². The van der Waals surface area contributed by atoms with Gasteiger partial charge in [0.25, 0.3) is 5.56 Å². The Balaban J connectivity index is 1.27. The van der Waals surface area contributed by atoms with Gasteiger partial charge in [-0.05, 0) is 41.0 Å². The highest BCUT2D eigenvalue weighted by atomic mass is 16.7. The smallest absolute Gasteiger partial charge is 0.280 e. The molecule has 1 unspecified atom stereocenters. The number of anilines is 1. The standard InChI is InChI=1S/C36H37N5O8/c1-21(2)31(43)39-34-38-30-27(32(44)40-34)37-20-41(30)33-28-29(42)35(49-33,18-47-28)19-48-36(22-8-6-5-7-9-22,23-10-14-25(45-3)15-11-23)24-12-16-26(46-4)17-13-24/h5-17,20-21,28-29,33,42H,18-19H2,1-4H3,(H2,38,39,40,43,44)/t28?,29-,33-,35-/m1/s1. The average Bonchev–Trinajstić information content (AvgIpc) is 3.78. The summed E-state index contributed by atoms with van der Waals surface area (Å²) in [4.78, 5) is 36.5. The molecule has 13 heteroatoms. The van der Waals surface area contributed by atoms with Crippen molar-refractivity contribution in [3.8, 4) is 11.5 Å². The number of carbonyl (C=O) groups is 1. The predicted molar refractivity (Wildman–Crippen MR) is 178 cm³/mol. The van der Waals surface area contributed by atoms with Crippen LogP contribution in [-0.4, -0.2) is 75.8 Å². The number of ether oxygens (including phenoxy) is 5. The minimum absolute atomic E-state index is 0.0211. The SMILES string of the molecule is COc1ccc(C(OC[C@@]23COC([C@H](n4cnc5c(=O)[nH]c(NC(=O)C(C)C)nc54)O2)[C@H]3O)(c2ccccc2)c2ccc(OC)cc2)cc1. The second kappa shape index (κ2) is 12.7. The van der Waals surface area contributed by atoms with E-state index in [9.17, 15) is 14.7 Å². The van der Waals surface area contributed by atoms with Crippen LogP contribution in [0.3, 0.4) is 0 Å². The zero-order valence-electron chi connectivity index (χ0n) is 27.5. The van der Waals surface area contributed by atoms with Crippen LogP contribution in [0.4, 0.5) is 5.95 Å². The minimum atomic E-state index is -1.29. The number of rotatable bonds is 11. The van der Waals surface area contributed by atoms with E-state index in [0.29, 0.717) is 11.5 Å². The summed E-state index contributed by atoms with van der Waals surface area (Å²) in [6.45, 7) is 3.44. The van der Waals surface area contributed by atoms with Crippen molar-refractivity contribution in [3.63, 3.8) is 0 Å². The molecule has 2 aliphatic rings. The van der Waals surface area contributed by atoms with E-state index in [2.05, 4.69) is 20.3 Å². The van der Waals surface area contributed by atoms with Crippen LogP contribution in [0.15, 0.2) is 90.0 Å². The molecule has 0 aliphatic carbocycles. The molecule has 0 radical (unpaired) electrons. The predicted octanol–water partition coefficient (Wildman–Crippen LogP) is 3.77. The van der Waals surface area contributed by atoms with Crippen LogP contribution < -0.4 is 20.3 Å². The Morgan fingerprint density at radius 2 is 1.63 bits per heavy atom. The minimum Gasteiger partial charge on any atom is -0.497 e. The number of benzene rings is 3. The molecule has 49 heavy (non-hydrogen) atoms.